The fourth-order valence-corrected chi connectivity index (χ4v) is 4.50. The third-order valence-corrected chi connectivity index (χ3v) is 6.62. The lowest BCUT2D eigenvalue weighted by molar-refractivity contribution is 0.153. The highest BCUT2D eigenvalue weighted by Crippen LogP contribution is 2.33. The van der Waals surface area contributed by atoms with Crippen LogP contribution in [-0.4, -0.2) is 75.2 Å². The number of hydrogen-bond donors (Lipinski definition) is 2. The first-order valence-corrected chi connectivity index (χ1v) is 10.2. The smallest absolute Gasteiger partial charge is 0.315 e. The van der Waals surface area contributed by atoms with E-state index in [0.717, 1.165) is 12.8 Å². The molecule has 0 aromatic heterocycles. The molecule has 1 saturated carbocycles. The van der Waals surface area contributed by atoms with Crippen LogP contribution in [0, 0.1) is 0 Å². The van der Waals surface area contributed by atoms with E-state index in [0.29, 0.717) is 32.5 Å². The van der Waals surface area contributed by atoms with E-state index in [4.69, 9.17) is 0 Å². The van der Waals surface area contributed by atoms with E-state index in [9.17, 15) is 13.2 Å². The summed E-state index contributed by atoms with van der Waals surface area (Å²) in [6.07, 6.45) is 7.23. The van der Waals surface area contributed by atoms with Crippen molar-refractivity contribution in [3.05, 3.63) is 0 Å². The second-order valence-corrected chi connectivity index (χ2v) is 9.07. The lowest BCUT2D eigenvalue weighted by Gasteiger charge is -2.37. The number of rotatable bonds is 5. The minimum Gasteiger partial charge on any atom is -0.336 e. The zero-order chi connectivity index (χ0) is 17.1. The fraction of sp³-hybridized carbons (Fsp3) is 0.933. The molecule has 8 heteroatoms. The van der Waals surface area contributed by atoms with Gasteiger partial charge in [0, 0.05) is 31.2 Å². The lowest BCUT2D eigenvalue weighted by atomic mass is 9.96. The number of carbonyl (C=O) groups excluding carboxylic acids is 1. The summed E-state index contributed by atoms with van der Waals surface area (Å²) in [6, 6.07) is -0.0946. The number of likely N-dealkylation sites (N-methyl/N-ethyl adjacent to an activating group) is 1. The first-order chi connectivity index (χ1) is 10.7. The van der Waals surface area contributed by atoms with Gasteiger partial charge >= 0.3 is 6.03 Å². The second-order valence-electron chi connectivity index (χ2n) is 7.09. The monoisotopic (exact) mass is 346 g/mol. The number of nitrogens with zero attached hydrogens (tertiary/aromatic N) is 2. The standard InChI is InChI=1S/C15H30N4O3S/c1-18(2)15(8-4-5-9-15)12-16-14(20)17-13-6-10-19(11-7-13)23(3,21)22/h13H,4-12H2,1-3H3,(H2,16,17,20). The van der Waals surface area contributed by atoms with E-state index in [-0.39, 0.29) is 17.6 Å². The summed E-state index contributed by atoms with van der Waals surface area (Å²) >= 11 is 0. The molecule has 23 heavy (non-hydrogen) atoms. The first-order valence-electron chi connectivity index (χ1n) is 8.40. The molecule has 2 aliphatic rings. The van der Waals surface area contributed by atoms with Crippen LogP contribution in [0.1, 0.15) is 38.5 Å². The Balaban J connectivity index is 1.76. The van der Waals surface area contributed by atoms with Crippen LogP contribution >= 0.6 is 0 Å². The van der Waals surface area contributed by atoms with Gasteiger partial charge in [0.1, 0.15) is 0 Å². The number of sulfonamides is 1. The highest BCUT2D eigenvalue weighted by Gasteiger charge is 2.36. The molecule has 2 N–H and O–H groups in total. The van der Waals surface area contributed by atoms with Gasteiger partial charge < -0.3 is 15.5 Å². The van der Waals surface area contributed by atoms with Crippen molar-refractivity contribution < 1.29 is 13.2 Å². The van der Waals surface area contributed by atoms with Crippen LogP contribution in [0.25, 0.3) is 0 Å². The Bertz CT molecular complexity index is 507. The van der Waals surface area contributed by atoms with Crippen LogP contribution in [0.4, 0.5) is 4.79 Å². The number of carbonyl (C=O) groups is 1. The van der Waals surface area contributed by atoms with Crippen molar-refractivity contribution in [1.29, 1.82) is 0 Å². The molecule has 0 radical (unpaired) electrons. The lowest BCUT2D eigenvalue weighted by Crippen LogP contribution is -2.54. The van der Waals surface area contributed by atoms with Gasteiger partial charge in [0.15, 0.2) is 0 Å². The van der Waals surface area contributed by atoms with Crippen LogP contribution in [0.5, 0.6) is 0 Å². The Labute approximate surface area is 139 Å². The maximum atomic E-state index is 12.1. The van der Waals surface area contributed by atoms with E-state index in [1.165, 1.54) is 23.4 Å². The van der Waals surface area contributed by atoms with Gasteiger partial charge in [-0.25, -0.2) is 17.5 Å². The van der Waals surface area contributed by atoms with E-state index < -0.39 is 10.0 Å². The Morgan fingerprint density at radius 3 is 2.26 bits per heavy atom. The van der Waals surface area contributed by atoms with Crippen molar-refractivity contribution in [1.82, 2.24) is 19.8 Å². The molecular weight excluding hydrogens is 316 g/mol. The van der Waals surface area contributed by atoms with Crippen molar-refractivity contribution in [3.8, 4) is 0 Å². The van der Waals surface area contributed by atoms with Crippen LogP contribution < -0.4 is 10.6 Å². The minimum atomic E-state index is -3.12. The van der Waals surface area contributed by atoms with Crippen molar-refractivity contribution in [2.75, 3.05) is 40.0 Å². The fourth-order valence-electron chi connectivity index (χ4n) is 3.63. The molecule has 7 nitrogen and oxygen atoms in total. The molecular formula is C15H30N4O3S. The number of amides is 2. The summed E-state index contributed by atoms with van der Waals surface area (Å²) in [5, 5.41) is 5.99. The summed E-state index contributed by atoms with van der Waals surface area (Å²) in [7, 11) is 1.03. The molecule has 0 aromatic carbocycles. The van der Waals surface area contributed by atoms with E-state index in [2.05, 4.69) is 29.6 Å². The van der Waals surface area contributed by atoms with Crippen molar-refractivity contribution >= 4 is 16.1 Å². The van der Waals surface area contributed by atoms with Crippen LogP contribution in [0.15, 0.2) is 0 Å². The molecule has 134 valence electrons. The molecule has 0 spiro atoms. The summed E-state index contributed by atoms with van der Waals surface area (Å²) in [5.41, 5.74) is 0.0804. The topological polar surface area (TPSA) is 81.8 Å². The van der Waals surface area contributed by atoms with Crippen LogP contribution in [0.3, 0.4) is 0 Å². The predicted molar refractivity (Wildman–Crippen MR) is 90.9 cm³/mol. The third-order valence-electron chi connectivity index (χ3n) is 5.32. The molecule has 1 aliphatic heterocycles. The molecule has 1 aliphatic carbocycles. The molecule has 0 atom stereocenters. The minimum absolute atomic E-state index is 0.0480. The molecule has 2 rings (SSSR count). The van der Waals surface area contributed by atoms with E-state index in [1.54, 1.807) is 0 Å². The maximum Gasteiger partial charge on any atom is 0.315 e. The third kappa shape index (κ3) is 4.81. The Morgan fingerprint density at radius 1 is 1.22 bits per heavy atom. The van der Waals surface area contributed by atoms with Gasteiger partial charge in [-0.05, 0) is 39.8 Å². The summed E-state index contributed by atoms with van der Waals surface area (Å²) in [5.74, 6) is 0. The van der Waals surface area contributed by atoms with Crippen molar-refractivity contribution in [2.45, 2.75) is 50.1 Å². The molecule has 2 fully saturated rings. The molecule has 1 saturated heterocycles. The Hall–Kier alpha value is -0.860. The molecule has 1 heterocycles. The predicted octanol–water partition coefficient (Wildman–Crippen LogP) is 0.584. The van der Waals surface area contributed by atoms with Crippen LogP contribution in [-0.2, 0) is 10.0 Å². The van der Waals surface area contributed by atoms with Gasteiger partial charge in [-0.15, -0.1) is 0 Å². The number of nitrogens with one attached hydrogen (secondary N) is 2. The van der Waals surface area contributed by atoms with E-state index in [1.807, 2.05) is 0 Å². The quantitative estimate of drug-likeness (QED) is 0.763. The molecule has 0 unspecified atom stereocenters. The number of hydrogen-bond acceptors (Lipinski definition) is 4. The van der Waals surface area contributed by atoms with Gasteiger partial charge in [0.25, 0.3) is 0 Å². The summed E-state index contributed by atoms with van der Waals surface area (Å²) in [6.45, 7) is 1.62. The van der Waals surface area contributed by atoms with Gasteiger partial charge in [0.05, 0.1) is 6.26 Å². The van der Waals surface area contributed by atoms with Gasteiger partial charge in [-0.1, -0.05) is 12.8 Å². The van der Waals surface area contributed by atoms with Gasteiger partial charge in [-0.2, -0.15) is 0 Å². The second kappa shape index (κ2) is 7.36. The maximum absolute atomic E-state index is 12.1. The molecule has 0 aromatic rings. The number of urea groups is 1. The average Bonchev–Trinajstić information content (AvgIpc) is 2.95. The van der Waals surface area contributed by atoms with Crippen molar-refractivity contribution in [2.24, 2.45) is 0 Å². The average molecular weight is 346 g/mol. The Kier molecular flexibility index (Phi) is 5.91. The molecule has 0 bridgehead atoms. The zero-order valence-electron chi connectivity index (χ0n) is 14.5. The van der Waals surface area contributed by atoms with Crippen molar-refractivity contribution in [3.63, 3.8) is 0 Å². The molecule has 2 amide bonds. The van der Waals surface area contributed by atoms with Gasteiger partial charge in [0.2, 0.25) is 10.0 Å². The van der Waals surface area contributed by atoms with Crippen LogP contribution in [0.2, 0.25) is 0 Å². The zero-order valence-corrected chi connectivity index (χ0v) is 15.3. The summed E-state index contributed by atoms with van der Waals surface area (Å²) < 4.78 is 24.4. The Morgan fingerprint density at radius 2 is 1.78 bits per heavy atom. The van der Waals surface area contributed by atoms with E-state index >= 15 is 0 Å². The van der Waals surface area contributed by atoms with Gasteiger partial charge in [-0.3, -0.25) is 0 Å². The highest BCUT2D eigenvalue weighted by atomic mass is 32.2. The largest absolute Gasteiger partial charge is 0.336 e. The summed E-state index contributed by atoms with van der Waals surface area (Å²) in [4.78, 5) is 14.4. The SMILES string of the molecule is CN(C)C1(CNC(=O)NC2CCN(S(C)(=O)=O)CC2)CCCC1. The highest BCUT2D eigenvalue weighted by molar-refractivity contribution is 7.88. The number of piperidine rings is 1. The first kappa shape index (κ1) is 18.5. The normalized spacial score (nSPS) is 23.1.